The topological polar surface area (TPSA) is 83.7 Å². The van der Waals surface area contributed by atoms with Crippen molar-refractivity contribution >= 4 is 0 Å². The molecule has 18 heavy (non-hydrogen) atoms. The zero-order valence-electron chi connectivity index (χ0n) is 9.88. The lowest BCUT2D eigenvalue weighted by Gasteiger charge is -2.00. The lowest BCUT2D eigenvalue weighted by molar-refractivity contribution is 0.415. The van der Waals surface area contributed by atoms with Gasteiger partial charge in [0.2, 0.25) is 0 Å². The lowest BCUT2D eigenvalue weighted by atomic mass is 10.2. The summed E-state index contributed by atoms with van der Waals surface area (Å²) in [5, 5.41) is 12.6. The van der Waals surface area contributed by atoms with Crippen LogP contribution in [0.1, 0.15) is 6.42 Å². The molecule has 0 spiro atoms. The summed E-state index contributed by atoms with van der Waals surface area (Å²) >= 11 is 0. The molecule has 1 N–H and O–H groups in total. The van der Waals surface area contributed by atoms with Gasteiger partial charge < -0.3 is 4.74 Å². The van der Waals surface area contributed by atoms with Crippen molar-refractivity contribution in [1.29, 1.82) is 5.26 Å². The van der Waals surface area contributed by atoms with E-state index in [1.54, 1.807) is 19.2 Å². The van der Waals surface area contributed by atoms with E-state index >= 15 is 0 Å². The first kappa shape index (κ1) is 11.9. The number of aromatic nitrogens is 3. The average molecular weight is 244 g/mol. The predicted octanol–water partition coefficient (Wildman–Crippen LogP) is 1.16. The maximum Gasteiger partial charge on any atom is 0.343 e. The van der Waals surface area contributed by atoms with E-state index in [4.69, 9.17) is 10.00 Å². The van der Waals surface area contributed by atoms with Gasteiger partial charge in [0.1, 0.15) is 5.75 Å². The minimum Gasteiger partial charge on any atom is -0.497 e. The van der Waals surface area contributed by atoms with Gasteiger partial charge in [-0.05, 0) is 24.3 Å². The minimum absolute atomic E-state index is 0.257. The Morgan fingerprint density at radius 1 is 1.44 bits per heavy atom. The maximum absolute atomic E-state index is 11.6. The van der Waals surface area contributed by atoms with Crippen LogP contribution in [0.5, 0.6) is 5.75 Å². The number of aryl methyl sites for hydroxylation is 1. The van der Waals surface area contributed by atoms with Gasteiger partial charge in [0, 0.05) is 5.56 Å². The van der Waals surface area contributed by atoms with Gasteiger partial charge >= 0.3 is 5.69 Å². The Labute approximate surface area is 103 Å². The fourth-order valence-corrected chi connectivity index (χ4v) is 1.54. The van der Waals surface area contributed by atoms with E-state index in [2.05, 4.69) is 10.1 Å². The van der Waals surface area contributed by atoms with Crippen LogP contribution in [0.3, 0.4) is 0 Å². The number of ether oxygens (including phenoxy) is 1. The van der Waals surface area contributed by atoms with Crippen LogP contribution < -0.4 is 10.4 Å². The van der Waals surface area contributed by atoms with Gasteiger partial charge in [-0.15, -0.1) is 5.10 Å². The van der Waals surface area contributed by atoms with Gasteiger partial charge in [0.25, 0.3) is 0 Å². The molecule has 1 aromatic heterocycles. The van der Waals surface area contributed by atoms with Gasteiger partial charge in [-0.1, -0.05) is 0 Å². The Morgan fingerprint density at radius 2 is 2.17 bits per heavy atom. The molecule has 2 aromatic rings. The number of nitriles is 1. The molecule has 6 heteroatoms. The van der Waals surface area contributed by atoms with E-state index in [9.17, 15) is 4.79 Å². The molecule has 0 amide bonds. The number of nitrogens with zero attached hydrogens (tertiary/aromatic N) is 3. The molecule has 0 radical (unpaired) electrons. The molecule has 1 heterocycles. The summed E-state index contributed by atoms with van der Waals surface area (Å²) in [6, 6.07) is 9.19. The van der Waals surface area contributed by atoms with Crippen molar-refractivity contribution in [3.05, 3.63) is 34.7 Å². The van der Waals surface area contributed by atoms with E-state index < -0.39 is 0 Å². The van der Waals surface area contributed by atoms with Crippen molar-refractivity contribution in [1.82, 2.24) is 14.8 Å². The molecule has 0 bridgehead atoms. The van der Waals surface area contributed by atoms with Gasteiger partial charge in [-0.25, -0.2) is 9.48 Å². The number of hydrogen-bond acceptors (Lipinski definition) is 4. The number of benzene rings is 1. The second kappa shape index (κ2) is 5.19. The summed E-state index contributed by atoms with van der Waals surface area (Å²) in [7, 11) is 1.59. The lowest BCUT2D eigenvalue weighted by Crippen LogP contribution is -2.17. The third kappa shape index (κ3) is 2.40. The SMILES string of the molecule is COc1ccc(-c2nn(CCC#N)c(=O)[nH]2)cc1. The van der Waals surface area contributed by atoms with Crippen molar-refractivity contribution < 1.29 is 4.74 Å². The molecular weight excluding hydrogens is 232 g/mol. The quantitative estimate of drug-likeness (QED) is 0.874. The van der Waals surface area contributed by atoms with Gasteiger partial charge in [0.05, 0.1) is 26.1 Å². The second-order valence-electron chi connectivity index (χ2n) is 3.64. The van der Waals surface area contributed by atoms with Gasteiger partial charge in [-0.2, -0.15) is 5.26 Å². The van der Waals surface area contributed by atoms with Crippen molar-refractivity contribution in [2.75, 3.05) is 7.11 Å². The van der Waals surface area contributed by atoms with Crippen molar-refractivity contribution in [2.24, 2.45) is 0 Å². The van der Waals surface area contributed by atoms with E-state index in [-0.39, 0.29) is 12.1 Å². The van der Waals surface area contributed by atoms with Crippen LogP contribution in [-0.2, 0) is 6.54 Å². The molecule has 0 fully saturated rings. The number of nitrogens with one attached hydrogen (secondary N) is 1. The van der Waals surface area contributed by atoms with Crippen molar-refractivity contribution in [3.8, 4) is 23.2 Å². The Bertz CT molecular complexity index is 619. The molecule has 6 nitrogen and oxygen atoms in total. The third-order valence-corrected chi connectivity index (χ3v) is 2.48. The van der Waals surface area contributed by atoms with Crippen LogP contribution in [-0.4, -0.2) is 21.9 Å². The number of aromatic amines is 1. The molecule has 0 unspecified atom stereocenters. The van der Waals surface area contributed by atoms with E-state index in [1.165, 1.54) is 4.68 Å². The van der Waals surface area contributed by atoms with Crippen molar-refractivity contribution in [2.45, 2.75) is 13.0 Å². The predicted molar refractivity (Wildman–Crippen MR) is 65.1 cm³/mol. The molecule has 1 aromatic carbocycles. The zero-order chi connectivity index (χ0) is 13.0. The molecular formula is C12H12N4O2. The molecule has 0 aliphatic carbocycles. The van der Waals surface area contributed by atoms with Crippen LogP contribution in [0.25, 0.3) is 11.4 Å². The summed E-state index contributed by atoms with van der Waals surface area (Å²) in [5.74, 6) is 1.23. The Morgan fingerprint density at radius 3 is 2.78 bits per heavy atom. The normalized spacial score (nSPS) is 10.0. The molecule has 0 atom stereocenters. The summed E-state index contributed by atoms with van der Waals surface area (Å²) in [5.41, 5.74) is 0.486. The Hall–Kier alpha value is -2.55. The minimum atomic E-state index is -0.309. The summed E-state index contributed by atoms with van der Waals surface area (Å²) in [6.07, 6.45) is 0.257. The fraction of sp³-hybridized carbons (Fsp3) is 0.250. The highest BCUT2D eigenvalue weighted by molar-refractivity contribution is 5.55. The monoisotopic (exact) mass is 244 g/mol. The number of H-pyrrole nitrogens is 1. The van der Waals surface area contributed by atoms with Crippen LogP contribution in [0.2, 0.25) is 0 Å². The first-order chi connectivity index (χ1) is 8.74. The summed E-state index contributed by atoms with van der Waals surface area (Å²) in [4.78, 5) is 14.2. The summed E-state index contributed by atoms with van der Waals surface area (Å²) < 4.78 is 6.31. The smallest absolute Gasteiger partial charge is 0.343 e. The fourth-order valence-electron chi connectivity index (χ4n) is 1.54. The zero-order valence-corrected chi connectivity index (χ0v) is 9.88. The third-order valence-electron chi connectivity index (χ3n) is 2.48. The van der Waals surface area contributed by atoms with Gasteiger partial charge in [-0.3, -0.25) is 4.98 Å². The first-order valence-electron chi connectivity index (χ1n) is 5.43. The van der Waals surface area contributed by atoms with E-state index in [0.717, 1.165) is 11.3 Å². The Balaban J connectivity index is 2.28. The van der Waals surface area contributed by atoms with Gasteiger partial charge in [0.15, 0.2) is 5.82 Å². The molecule has 2 rings (SSSR count). The molecule has 0 aliphatic heterocycles. The highest BCUT2D eigenvalue weighted by Crippen LogP contribution is 2.17. The highest BCUT2D eigenvalue weighted by atomic mass is 16.5. The van der Waals surface area contributed by atoms with Crippen molar-refractivity contribution in [3.63, 3.8) is 0 Å². The van der Waals surface area contributed by atoms with E-state index in [1.807, 2.05) is 18.2 Å². The number of hydrogen-bond donors (Lipinski definition) is 1. The molecule has 0 saturated heterocycles. The highest BCUT2D eigenvalue weighted by Gasteiger charge is 2.06. The standard InChI is InChI=1S/C12H12N4O2/c1-18-10-5-3-9(4-6-10)11-14-12(17)16(15-11)8-2-7-13/h3-6H,2,8H2,1H3,(H,14,15,17). The first-order valence-corrected chi connectivity index (χ1v) is 5.43. The number of methoxy groups -OCH3 is 1. The van der Waals surface area contributed by atoms with E-state index in [0.29, 0.717) is 12.4 Å². The summed E-state index contributed by atoms with van der Waals surface area (Å²) in [6.45, 7) is 0.294. The largest absolute Gasteiger partial charge is 0.497 e. The van der Waals surface area contributed by atoms with Crippen LogP contribution >= 0.6 is 0 Å². The molecule has 0 saturated carbocycles. The van der Waals surface area contributed by atoms with Crippen LogP contribution in [0.4, 0.5) is 0 Å². The van der Waals surface area contributed by atoms with Crippen LogP contribution in [0, 0.1) is 11.3 Å². The second-order valence-corrected chi connectivity index (χ2v) is 3.64. The Kier molecular flexibility index (Phi) is 3.44. The number of rotatable bonds is 4. The molecule has 92 valence electrons. The maximum atomic E-state index is 11.6. The average Bonchev–Trinajstić information content (AvgIpc) is 2.78. The molecule has 0 aliphatic rings. The van der Waals surface area contributed by atoms with Crippen LogP contribution in [0.15, 0.2) is 29.1 Å².